The Morgan fingerprint density at radius 2 is 1.92 bits per heavy atom. The Balaban J connectivity index is 2.08. The second-order valence-corrected chi connectivity index (χ2v) is 7.34. The van der Waals surface area contributed by atoms with Crippen molar-refractivity contribution in [2.24, 2.45) is 0 Å². The van der Waals surface area contributed by atoms with Crippen molar-refractivity contribution in [1.29, 1.82) is 0 Å². The smallest absolute Gasteiger partial charge is 0.340 e. The quantitative estimate of drug-likeness (QED) is 0.783. The van der Waals surface area contributed by atoms with Crippen LogP contribution in [0.3, 0.4) is 0 Å². The van der Waals surface area contributed by atoms with E-state index in [4.69, 9.17) is 4.74 Å². The summed E-state index contributed by atoms with van der Waals surface area (Å²) in [7, 11) is -1.33. The molecule has 0 aliphatic rings. The van der Waals surface area contributed by atoms with Crippen molar-refractivity contribution in [2.75, 3.05) is 11.1 Å². The number of nitrogens with one attached hydrogen (secondary N) is 1. The maximum Gasteiger partial charge on any atom is 0.340 e. The summed E-state index contributed by atoms with van der Waals surface area (Å²) in [5, 5.41) is 2.50. The molecular formula is C19H20FNO4S. The van der Waals surface area contributed by atoms with Crippen LogP contribution in [0.5, 0.6) is 0 Å². The molecule has 0 saturated heterocycles. The Morgan fingerprint density at radius 3 is 2.58 bits per heavy atom. The maximum absolute atomic E-state index is 13.6. The number of carbonyl (C=O) groups is 2. The summed E-state index contributed by atoms with van der Waals surface area (Å²) >= 11 is 0. The van der Waals surface area contributed by atoms with E-state index in [2.05, 4.69) is 5.32 Å². The average molecular weight is 377 g/mol. The number of hydrogen-bond acceptors (Lipinski definition) is 4. The van der Waals surface area contributed by atoms with E-state index >= 15 is 0 Å². The van der Waals surface area contributed by atoms with E-state index in [1.807, 2.05) is 0 Å². The Hall–Kier alpha value is -2.54. The predicted molar refractivity (Wildman–Crippen MR) is 98.0 cm³/mol. The molecule has 0 aliphatic carbocycles. The number of benzene rings is 2. The van der Waals surface area contributed by atoms with E-state index in [9.17, 15) is 18.2 Å². The Kier molecular flexibility index (Phi) is 6.63. The van der Waals surface area contributed by atoms with Crippen LogP contribution >= 0.6 is 0 Å². The van der Waals surface area contributed by atoms with Crippen LogP contribution in [0, 0.1) is 12.7 Å². The first-order valence-electron chi connectivity index (χ1n) is 8.09. The van der Waals surface area contributed by atoms with Crippen LogP contribution in [-0.4, -0.2) is 27.9 Å². The van der Waals surface area contributed by atoms with Gasteiger partial charge in [-0.3, -0.25) is 9.00 Å². The number of anilines is 1. The van der Waals surface area contributed by atoms with Crippen molar-refractivity contribution < 1.29 is 22.9 Å². The molecule has 5 nitrogen and oxygen atoms in total. The van der Waals surface area contributed by atoms with E-state index in [1.165, 1.54) is 25.1 Å². The zero-order chi connectivity index (χ0) is 19.3. The molecule has 0 unspecified atom stereocenters. The summed E-state index contributed by atoms with van der Waals surface area (Å²) in [6, 6.07) is 10.7. The van der Waals surface area contributed by atoms with Gasteiger partial charge < -0.3 is 10.1 Å². The lowest BCUT2D eigenvalue weighted by Gasteiger charge is -2.15. The molecule has 7 heteroatoms. The van der Waals surface area contributed by atoms with Crippen LogP contribution in [0.4, 0.5) is 10.1 Å². The second-order valence-electron chi connectivity index (χ2n) is 5.63. The number of esters is 1. The SMILES string of the molecule is CC[S@](=O)c1ccccc1C(=O)O[C@@H](C)C(=O)Nc1ccc(C)c(F)c1. The molecule has 0 spiro atoms. The minimum Gasteiger partial charge on any atom is -0.449 e. The number of halogens is 1. The van der Waals surface area contributed by atoms with Gasteiger partial charge in [-0.15, -0.1) is 0 Å². The van der Waals surface area contributed by atoms with Crippen molar-refractivity contribution >= 4 is 28.4 Å². The summed E-state index contributed by atoms with van der Waals surface area (Å²) in [4.78, 5) is 24.9. The van der Waals surface area contributed by atoms with Gasteiger partial charge in [-0.2, -0.15) is 0 Å². The van der Waals surface area contributed by atoms with Crippen molar-refractivity contribution in [1.82, 2.24) is 0 Å². The minimum atomic E-state index is -1.33. The van der Waals surface area contributed by atoms with Crippen LogP contribution in [0.15, 0.2) is 47.4 Å². The number of ether oxygens (including phenoxy) is 1. The summed E-state index contributed by atoms with van der Waals surface area (Å²) in [5.41, 5.74) is 0.894. The molecule has 1 N–H and O–H groups in total. The molecule has 0 aliphatic heterocycles. The van der Waals surface area contributed by atoms with Gasteiger partial charge in [-0.1, -0.05) is 25.1 Å². The Bertz CT molecular complexity index is 853. The molecule has 0 saturated carbocycles. The first-order chi connectivity index (χ1) is 12.3. The van der Waals surface area contributed by atoms with Gasteiger partial charge in [0, 0.05) is 11.4 Å². The number of carbonyl (C=O) groups excluding carboxylic acids is 2. The van der Waals surface area contributed by atoms with Crippen LogP contribution in [-0.2, 0) is 20.3 Å². The molecule has 0 aromatic heterocycles. The topological polar surface area (TPSA) is 72.5 Å². The summed E-state index contributed by atoms with van der Waals surface area (Å²) < 4.78 is 30.8. The maximum atomic E-state index is 13.6. The van der Waals surface area contributed by atoms with E-state index in [0.717, 1.165) is 0 Å². The van der Waals surface area contributed by atoms with Gasteiger partial charge in [-0.05, 0) is 43.7 Å². The summed E-state index contributed by atoms with van der Waals surface area (Å²) in [5.74, 6) is -1.40. The average Bonchev–Trinajstić information content (AvgIpc) is 2.63. The predicted octanol–water partition coefficient (Wildman–Crippen LogP) is 3.45. The minimum absolute atomic E-state index is 0.161. The molecule has 2 atom stereocenters. The highest BCUT2D eigenvalue weighted by Gasteiger charge is 2.22. The van der Waals surface area contributed by atoms with E-state index in [1.54, 1.807) is 38.1 Å². The zero-order valence-electron chi connectivity index (χ0n) is 14.7. The monoisotopic (exact) mass is 377 g/mol. The van der Waals surface area contributed by atoms with Crippen LogP contribution in [0.1, 0.15) is 29.8 Å². The van der Waals surface area contributed by atoms with Gasteiger partial charge in [0.1, 0.15) is 5.82 Å². The summed E-state index contributed by atoms with van der Waals surface area (Å²) in [6.45, 7) is 4.77. The molecule has 0 radical (unpaired) electrons. The third-order valence-corrected chi connectivity index (χ3v) is 5.08. The number of aryl methyl sites for hydroxylation is 1. The van der Waals surface area contributed by atoms with Gasteiger partial charge in [-0.25, -0.2) is 9.18 Å². The molecule has 1 amide bonds. The van der Waals surface area contributed by atoms with Crippen LogP contribution in [0.25, 0.3) is 0 Å². The third kappa shape index (κ3) is 4.76. The molecule has 138 valence electrons. The Morgan fingerprint density at radius 1 is 1.23 bits per heavy atom. The van der Waals surface area contributed by atoms with Gasteiger partial charge >= 0.3 is 5.97 Å². The molecule has 2 rings (SSSR count). The fourth-order valence-electron chi connectivity index (χ4n) is 2.18. The van der Waals surface area contributed by atoms with Crippen molar-refractivity contribution in [3.05, 3.63) is 59.4 Å². The van der Waals surface area contributed by atoms with Gasteiger partial charge in [0.2, 0.25) is 0 Å². The third-order valence-electron chi connectivity index (χ3n) is 3.71. The first-order valence-corrected chi connectivity index (χ1v) is 9.40. The first kappa shape index (κ1) is 19.8. The highest BCUT2D eigenvalue weighted by molar-refractivity contribution is 7.85. The molecule has 2 aromatic rings. The standard InChI is InChI=1S/C19H20FNO4S/c1-4-26(24)17-8-6-5-7-15(17)19(23)25-13(3)18(22)21-14-10-9-12(2)16(20)11-14/h5-11,13H,4H2,1-3H3,(H,21,22)/t13-,26-/m0/s1. The largest absolute Gasteiger partial charge is 0.449 e. The number of hydrogen-bond donors (Lipinski definition) is 1. The molecular weight excluding hydrogens is 357 g/mol. The lowest BCUT2D eigenvalue weighted by molar-refractivity contribution is -0.123. The van der Waals surface area contributed by atoms with Crippen molar-refractivity contribution in [3.63, 3.8) is 0 Å². The van der Waals surface area contributed by atoms with Crippen molar-refractivity contribution in [3.8, 4) is 0 Å². The zero-order valence-corrected chi connectivity index (χ0v) is 15.6. The summed E-state index contributed by atoms with van der Waals surface area (Å²) in [6.07, 6.45) is -1.10. The molecule has 26 heavy (non-hydrogen) atoms. The van der Waals surface area contributed by atoms with E-state index < -0.39 is 34.6 Å². The highest BCUT2D eigenvalue weighted by atomic mass is 32.2. The molecule has 0 heterocycles. The van der Waals surface area contributed by atoms with Gasteiger partial charge in [0.15, 0.2) is 6.10 Å². The van der Waals surface area contributed by atoms with E-state index in [0.29, 0.717) is 16.2 Å². The fourth-order valence-corrected chi connectivity index (χ4v) is 3.12. The second kappa shape index (κ2) is 8.71. The van der Waals surface area contributed by atoms with Crippen LogP contribution < -0.4 is 5.32 Å². The van der Waals surface area contributed by atoms with Crippen LogP contribution in [0.2, 0.25) is 0 Å². The normalized spacial score (nSPS) is 12.9. The lowest BCUT2D eigenvalue weighted by Crippen LogP contribution is -2.30. The number of rotatable bonds is 6. The van der Waals surface area contributed by atoms with Crippen molar-refractivity contribution in [2.45, 2.75) is 31.8 Å². The van der Waals surface area contributed by atoms with Gasteiger partial charge in [0.25, 0.3) is 5.91 Å². The fraction of sp³-hybridized carbons (Fsp3) is 0.263. The molecule has 2 aromatic carbocycles. The molecule has 0 fully saturated rings. The lowest BCUT2D eigenvalue weighted by atomic mass is 10.2. The highest BCUT2D eigenvalue weighted by Crippen LogP contribution is 2.17. The molecule has 0 bridgehead atoms. The number of amides is 1. The Labute approximate surface area is 154 Å². The van der Waals surface area contributed by atoms with Gasteiger partial charge in [0.05, 0.1) is 21.3 Å². The van der Waals surface area contributed by atoms with E-state index in [-0.39, 0.29) is 11.3 Å².